The van der Waals surface area contributed by atoms with Crippen molar-refractivity contribution in [3.8, 4) is 11.3 Å². The van der Waals surface area contributed by atoms with Crippen molar-refractivity contribution in [1.82, 2.24) is 9.97 Å². The van der Waals surface area contributed by atoms with Crippen LogP contribution in [0.15, 0.2) is 24.5 Å². The van der Waals surface area contributed by atoms with E-state index in [-0.39, 0.29) is 24.1 Å². The summed E-state index contributed by atoms with van der Waals surface area (Å²) in [6.45, 7) is 0. The van der Waals surface area contributed by atoms with Crippen molar-refractivity contribution in [2.75, 3.05) is 0 Å². The molecular weight excluding hydrogens is 242 g/mol. The molecule has 6 heteroatoms. The van der Waals surface area contributed by atoms with E-state index in [1.807, 2.05) is 0 Å². The van der Waals surface area contributed by atoms with Crippen LogP contribution in [-0.4, -0.2) is 21.0 Å². The number of aromatic amines is 1. The average molecular weight is 252 g/mol. The molecule has 2 rings (SSSR count). The molecule has 0 unspecified atom stereocenters. The average Bonchev–Trinajstić information content (AvgIpc) is 2.77. The summed E-state index contributed by atoms with van der Waals surface area (Å²) < 4.78 is 26.7. The van der Waals surface area contributed by atoms with Gasteiger partial charge in [0.05, 0.1) is 18.4 Å². The molecular formula is C12H10F2N2O2. The van der Waals surface area contributed by atoms with Gasteiger partial charge in [-0.3, -0.25) is 4.79 Å². The van der Waals surface area contributed by atoms with Crippen LogP contribution in [0.4, 0.5) is 8.78 Å². The van der Waals surface area contributed by atoms with Gasteiger partial charge in [0.1, 0.15) is 11.6 Å². The fourth-order valence-corrected chi connectivity index (χ4v) is 1.65. The Morgan fingerprint density at radius 2 is 2.17 bits per heavy atom. The molecule has 0 aliphatic heterocycles. The summed E-state index contributed by atoms with van der Waals surface area (Å²) >= 11 is 0. The summed E-state index contributed by atoms with van der Waals surface area (Å²) in [6, 6.07) is 3.07. The summed E-state index contributed by atoms with van der Waals surface area (Å²) in [7, 11) is 0. The first-order valence-corrected chi connectivity index (χ1v) is 5.27. The Balaban J connectivity index is 2.36. The molecule has 4 nitrogen and oxygen atoms in total. The summed E-state index contributed by atoms with van der Waals surface area (Å²) in [5.41, 5.74) is 0.742. The predicted octanol–water partition coefficient (Wildman–Crippen LogP) is 2.37. The molecule has 1 aromatic carbocycles. The number of rotatable bonds is 4. The number of nitrogens with one attached hydrogen (secondary N) is 1. The maximum absolute atomic E-state index is 13.6. The minimum atomic E-state index is -0.963. The second-order valence-corrected chi connectivity index (χ2v) is 3.75. The Bertz CT molecular complexity index is 581. The van der Waals surface area contributed by atoms with E-state index in [1.165, 1.54) is 6.33 Å². The number of nitrogens with zero attached hydrogens (tertiary/aromatic N) is 1. The molecule has 94 valence electrons. The van der Waals surface area contributed by atoms with Crippen molar-refractivity contribution in [3.63, 3.8) is 0 Å². The van der Waals surface area contributed by atoms with Gasteiger partial charge in [-0.1, -0.05) is 0 Å². The van der Waals surface area contributed by atoms with E-state index >= 15 is 0 Å². The first-order valence-electron chi connectivity index (χ1n) is 5.27. The minimum absolute atomic E-state index is 0.0247. The number of aryl methyl sites for hydroxylation is 1. The van der Waals surface area contributed by atoms with E-state index in [2.05, 4.69) is 9.97 Å². The molecule has 1 aromatic heterocycles. The fourth-order valence-electron chi connectivity index (χ4n) is 1.65. The number of aromatic nitrogens is 2. The Kier molecular flexibility index (Phi) is 3.36. The Morgan fingerprint density at radius 1 is 1.39 bits per heavy atom. The summed E-state index contributed by atoms with van der Waals surface area (Å²) in [5.74, 6) is -2.13. The van der Waals surface area contributed by atoms with Gasteiger partial charge in [0.15, 0.2) is 0 Å². The lowest BCUT2D eigenvalue weighted by Crippen LogP contribution is -1.99. The van der Waals surface area contributed by atoms with E-state index < -0.39 is 17.6 Å². The number of H-pyrrole nitrogens is 1. The topological polar surface area (TPSA) is 66.0 Å². The Hall–Kier alpha value is -2.24. The quantitative estimate of drug-likeness (QED) is 0.877. The highest BCUT2D eigenvalue weighted by atomic mass is 19.1. The minimum Gasteiger partial charge on any atom is -0.481 e. The maximum Gasteiger partial charge on any atom is 0.303 e. The standard InChI is InChI=1S/C12H10F2N2O2/c13-7-1-2-9(14)8(5-7)12-10(15-6-16-12)3-4-11(17)18/h1-2,5-6H,3-4H2,(H,15,16)(H,17,18). The largest absolute Gasteiger partial charge is 0.481 e. The van der Waals surface area contributed by atoms with Crippen LogP contribution in [0.25, 0.3) is 11.3 Å². The molecule has 0 fully saturated rings. The van der Waals surface area contributed by atoms with Crippen LogP contribution in [0.5, 0.6) is 0 Å². The number of imidazole rings is 1. The number of halogens is 2. The summed E-state index contributed by atoms with van der Waals surface area (Å²) in [4.78, 5) is 17.1. The Labute approximate surface area is 101 Å². The number of hydrogen-bond donors (Lipinski definition) is 2. The molecule has 0 amide bonds. The van der Waals surface area contributed by atoms with Gasteiger partial charge < -0.3 is 10.1 Å². The molecule has 1 heterocycles. The lowest BCUT2D eigenvalue weighted by atomic mass is 10.1. The fraction of sp³-hybridized carbons (Fsp3) is 0.167. The second-order valence-electron chi connectivity index (χ2n) is 3.75. The zero-order valence-corrected chi connectivity index (χ0v) is 9.28. The molecule has 18 heavy (non-hydrogen) atoms. The third-order valence-corrected chi connectivity index (χ3v) is 2.49. The smallest absolute Gasteiger partial charge is 0.303 e. The molecule has 0 aliphatic rings. The van der Waals surface area contributed by atoms with Crippen LogP contribution < -0.4 is 0 Å². The van der Waals surface area contributed by atoms with E-state index in [0.717, 1.165) is 18.2 Å². The summed E-state index contributed by atoms with van der Waals surface area (Å²) in [6.07, 6.45) is 1.41. The number of hydrogen-bond acceptors (Lipinski definition) is 2. The molecule has 0 radical (unpaired) electrons. The van der Waals surface area contributed by atoms with Crippen LogP contribution >= 0.6 is 0 Å². The second kappa shape index (κ2) is 4.95. The molecule has 0 atom stereocenters. The van der Waals surface area contributed by atoms with Crippen molar-refractivity contribution in [2.45, 2.75) is 12.8 Å². The van der Waals surface area contributed by atoms with E-state index in [0.29, 0.717) is 5.69 Å². The van der Waals surface area contributed by atoms with Crippen molar-refractivity contribution in [1.29, 1.82) is 0 Å². The van der Waals surface area contributed by atoms with Gasteiger partial charge >= 0.3 is 5.97 Å². The number of carbonyl (C=O) groups is 1. The van der Waals surface area contributed by atoms with E-state index in [1.54, 1.807) is 0 Å². The van der Waals surface area contributed by atoms with Gasteiger partial charge in [-0.2, -0.15) is 0 Å². The van der Waals surface area contributed by atoms with Gasteiger partial charge in [0, 0.05) is 17.7 Å². The zero-order valence-electron chi connectivity index (χ0n) is 9.28. The first kappa shape index (κ1) is 12.2. The van der Waals surface area contributed by atoms with Gasteiger partial charge in [0.2, 0.25) is 0 Å². The van der Waals surface area contributed by atoms with Crippen LogP contribution in [0.1, 0.15) is 12.1 Å². The number of carboxylic acids is 1. The molecule has 0 saturated carbocycles. The molecule has 0 saturated heterocycles. The highest BCUT2D eigenvalue weighted by molar-refractivity contribution is 5.68. The molecule has 0 aliphatic carbocycles. The van der Waals surface area contributed by atoms with Crippen molar-refractivity contribution >= 4 is 5.97 Å². The lowest BCUT2D eigenvalue weighted by molar-refractivity contribution is -0.136. The van der Waals surface area contributed by atoms with Crippen molar-refractivity contribution in [3.05, 3.63) is 41.9 Å². The Morgan fingerprint density at radius 3 is 2.89 bits per heavy atom. The predicted molar refractivity (Wildman–Crippen MR) is 59.9 cm³/mol. The van der Waals surface area contributed by atoms with Gasteiger partial charge in [-0.25, -0.2) is 13.8 Å². The highest BCUT2D eigenvalue weighted by Crippen LogP contribution is 2.25. The van der Waals surface area contributed by atoms with Crippen molar-refractivity contribution < 1.29 is 18.7 Å². The van der Waals surface area contributed by atoms with Crippen LogP contribution in [0, 0.1) is 11.6 Å². The van der Waals surface area contributed by atoms with Gasteiger partial charge in [-0.05, 0) is 18.2 Å². The summed E-state index contributed by atoms with van der Waals surface area (Å²) in [5, 5.41) is 8.60. The van der Waals surface area contributed by atoms with Gasteiger partial charge in [-0.15, -0.1) is 0 Å². The van der Waals surface area contributed by atoms with Crippen LogP contribution in [-0.2, 0) is 11.2 Å². The molecule has 0 bridgehead atoms. The number of benzene rings is 1. The normalized spacial score (nSPS) is 10.6. The maximum atomic E-state index is 13.6. The van der Waals surface area contributed by atoms with E-state index in [4.69, 9.17) is 5.11 Å². The lowest BCUT2D eigenvalue weighted by Gasteiger charge is -2.03. The molecule has 2 N–H and O–H groups in total. The van der Waals surface area contributed by atoms with Gasteiger partial charge in [0.25, 0.3) is 0 Å². The number of carboxylic acid groups (broad SMARTS) is 1. The molecule has 0 spiro atoms. The third-order valence-electron chi connectivity index (χ3n) is 2.49. The zero-order chi connectivity index (χ0) is 13.1. The van der Waals surface area contributed by atoms with Crippen LogP contribution in [0.2, 0.25) is 0 Å². The number of aliphatic carboxylic acids is 1. The van der Waals surface area contributed by atoms with E-state index in [9.17, 15) is 13.6 Å². The highest BCUT2D eigenvalue weighted by Gasteiger charge is 2.14. The van der Waals surface area contributed by atoms with Crippen molar-refractivity contribution in [2.24, 2.45) is 0 Å². The SMILES string of the molecule is O=C(O)CCc1[nH]cnc1-c1cc(F)ccc1F. The monoisotopic (exact) mass is 252 g/mol. The third kappa shape index (κ3) is 2.53. The first-order chi connectivity index (χ1) is 8.58. The molecule has 2 aromatic rings. The van der Waals surface area contributed by atoms with Crippen LogP contribution in [0.3, 0.4) is 0 Å².